The fourth-order valence-corrected chi connectivity index (χ4v) is 6.88. The molecule has 1 aromatic rings. The lowest BCUT2D eigenvalue weighted by molar-refractivity contribution is -0.196. The van der Waals surface area contributed by atoms with Crippen molar-refractivity contribution < 1.29 is 9.84 Å². The van der Waals surface area contributed by atoms with Crippen molar-refractivity contribution in [1.29, 1.82) is 0 Å². The molecule has 2 heterocycles. The molecule has 3 fully saturated rings. The molecule has 134 valence electrons. The van der Waals surface area contributed by atoms with Gasteiger partial charge in [0.05, 0.1) is 11.0 Å². The Kier molecular flexibility index (Phi) is 2.77. The van der Waals surface area contributed by atoms with E-state index in [4.69, 9.17) is 4.74 Å². The summed E-state index contributed by atoms with van der Waals surface area (Å²) in [7, 11) is 0. The molecule has 3 heteroatoms. The summed E-state index contributed by atoms with van der Waals surface area (Å²) in [4.78, 5) is 2.65. The number of hydrogen-bond acceptors (Lipinski definition) is 3. The highest BCUT2D eigenvalue weighted by molar-refractivity contribution is 5.60. The fourth-order valence-electron chi connectivity index (χ4n) is 6.88. The first-order valence-corrected chi connectivity index (χ1v) is 10.3. The van der Waals surface area contributed by atoms with Gasteiger partial charge in [0.2, 0.25) is 0 Å². The number of ether oxygens (including phenoxy) is 1. The van der Waals surface area contributed by atoms with Crippen LogP contribution in [0.25, 0.3) is 0 Å². The molecule has 2 aliphatic heterocycles. The number of nitrogens with zero attached hydrogens (tertiary/aromatic N) is 1. The van der Waals surface area contributed by atoms with Crippen molar-refractivity contribution in [3.05, 3.63) is 28.8 Å². The zero-order valence-electron chi connectivity index (χ0n) is 15.4. The molecule has 2 saturated carbocycles. The maximum absolute atomic E-state index is 12.2. The summed E-state index contributed by atoms with van der Waals surface area (Å²) < 4.78 is 6.64. The first-order chi connectivity index (χ1) is 12.0. The molecule has 3 nitrogen and oxygen atoms in total. The lowest BCUT2D eigenvalue weighted by Crippen LogP contribution is -2.76. The molecule has 1 unspecified atom stereocenters. The van der Waals surface area contributed by atoms with Gasteiger partial charge in [-0.2, -0.15) is 0 Å². The number of hydrogen-bond donors (Lipinski definition) is 1. The van der Waals surface area contributed by atoms with Crippen molar-refractivity contribution in [2.75, 3.05) is 13.1 Å². The third-order valence-electron chi connectivity index (χ3n) is 8.28. The molecule has 1 saturated heterocycles. The van der Waals surface area contributed by atoms with Crippen LogP contribution in [0.15, 0.2) is 12.1 Å². The van der Waals surface area contributed by atoms with E-state index in [1.54, 1.807) is 0 Å². The monoisotopic (exact) mass is 339 g/mol. The zero-order chi connectivity index (χ0) is 17.0. The molecule has 3 aliphatic carbocycles. The molecule has 1 spiro atoms. The Morgan fingerprint density at radius 1 is 1.24 bits per heavy atom. The van der Waals surface area contributed by atoms with Gasteiger partial charge in [-0.3, -0.25) is 4.90 Å². The normalized spacial score (nSPS) is 44.4. The fraction of sp³-hybridized carbons (Fsp3) is 0.727. The standard InChI is InChI=1S/C22H29NO2/c1-13-3-6-16-11-17-22(24)8-7-14(2)20-21(22,18(16)19(13)25-20)9-10-23(17)12-15-4-5-15/h3,6,14-15,17,20,24H,4-5,7-12H2,1-2H3/t14?,17-,20+,21+,22-/m0/s1. The van der Waals surface area contributed by atoms with Crippen molar-refractivity contribution in [2.45, 2.75) is 75.5 Å². The number of aryl methyl sites for hydroxylation is 1. The van der Waals surface area contributed by atoms with E-state index < -0.39 is 5.60 Å². The largest absolute Gasteiger partial charge is 0.489 e. The van der Waals surface area contributed by atoms with E-state index in [9.17, 15) is 5.11 Å². The second-order valence-corrected chi connectivity index (χ2v) is 9.60. The van der Waals surface area contributed by atoms with Crippen LogP contribution in [0.5, 0.6) is 5.75 Å². The second-order valence-electron chi connectivity index (χ2n) is 9.60. The maximum Gasteiger partial charge on any atom is 0.126 e. The van der Waals surface area contributed by atoms with Crippen LogP contribution in [0.3, 0.4) is 0 Å². The third kappa shape index (κ3) is 1.66. The van der Waals surface area contributed by atoms with E-state index in [1.807, 2.05) is 0 Å². The summed E-state index contributed by atoms with van der Waals surface area (Å²) in [6, 6.07) is 4.84. The predicted molar refractivity (Wildman–Crippen MR) is 97.0 cm³/mol. The van der Waals surface area contributed by atoms with E-state index in [0.717, 1.165) is 43.9 Å². The average molecular weight is 339 g/mol. The Hall–Kier alpha value is -1.06. The van der Waals surface area contributed by atoms with Crippen molar-refractivity contribution in [1.82, 2.24) is 4.90 Å². The number of rotatable bonds is 2. The second kappa shape index (κ2) is 4.61. The van der Waals surface area contributed by atoms with Gasteiger partial charge in [-0.15, -0.1) is 0 Å². The molecule has 0 radical (unpaired) electrons. The summed E-state index contributed by atoms with van der Waals surface area (Å²) in [5.41, 5.74) is 3.32. The number of piperidine rings is 1. The first-order valence-electron chi connectivity index (χ1n) is 10.3. The minimum Gasteiger partial charge on any atom is -0.489 e. The highest BCUT2D eigenvalue weighted by Crippen LogP contribution is 2.65. The Bertz CT molecular complexity index is 757. The molecule has 1 N–H and O–H groups in total. The summed E-state index contributed by atoms with van der Waals surface area (Å²) >= 11 is 0. The van der Waals surface area contributed by atoms with Gasteiger partial charge in [0.15, 0.2) is 0 Å². The van der Waals surface area contributed by atoms with E-state index in [-0.39, 0.29) is 17.6 Å². The summed E-state index contributed by atoms with van der Waals surface area (Å²) in [5, 5.41) is 12.2. The van der Waals surface area contributed by atoms with Gasteiger partial charge in [-0.1, -0.05) is 19.1 Å². The maximum atomic E-state index is 12.2. The van der Waals surface area contributed by atoms with E-state index >= 15 is 0 Å². The Morgan fingerprint density at radius 3 is 2.88 bits per heavy atom. The minimum atomic E-state index is -0.608. The summed E-state index contributed by atoms with van der Waals surface area (Å²) in [6.07, 6.45) is 7.01. The predicted octanol–water partition coefficient (Wildman–Crippen LogP) is 3.20. The van der Waals surface area contributed by atoms with Crippen LogP contribution in [-0.2, 0) is 11.8 Å². The molecule has 1 aromatic carbocycles. The van der Waals surface area contributed by atoms with Gasteiger partial charge in [0.25, 0.3) is 0 Å². The minimum absolute atomic E-state index is 0.159. The summed E-state index contributed by atoms with van der Waals surface area (Å²) in [6.45, 7) is 6.82. The summed E-state index contributed by atoms with van der Waals surface area (Å²) in [5.74, 6) is 2.52. The van der Waals surface area contributed by atoms with Gasteiger partial charge in [0.1, 0.15) is 11.9 Å². The quantitative estimate of drug-likeness (QED) is 0.898. The lowest BCUT2D eigenvalue weighted by Gasteiger charge is -2.64. The van der Waals surface area contributed by atoms with Crippen LogP contribution < -0.4 is 4.74 Å². The molecule has 5 aliphatic rings. The van der Waals surface area contributed by atoms with Gasteiger partial charge >= 0.3 is 0 Å². The van der Waals surface area contributed by atoms with Crippen molar-refractivity contribution in [3.8, 4) is 5.75 Å². The van der Waals surface area contributed by atoms with Crippen LogP contribution in [0.4, 0.5) is 0 Å². The molecule has 5 atom stereocenters. The number of aliphatic hydroxyl groups is 1. The Balaban J connectivity index is 1.57. The van der Waals surface area contributed by atoms with Gasteiger partial charge < -0.3 is 9.84 Å². The Labute approximate surface area is 150 Å². The topological polar surface area (TPSA) is 32.7 Å². The first kappa shape index (κ1) is 15.0. The van der Waals surface area contributed by atoms with E-state index in [1.165, 1.54) is 36.1 Å². The van der Waals surface area contributed by atoms with Crippen LogP contribution in [0, 0.1) is 18.8 Å². The van der Waals surface area contributed by atoms with Crippen LogP contribution in [-0.4, -0.2) is 40.8 Å². The van der Waals surface area contributed by atoms with Crippen molar-refractivity contribution >= 4 is 0 Å². The Morgan fingerprint density at radius 2 is 2.08 bits per heavy atom. The van der Waals surface area contributed by atoms with Gasteiger partial charge in [0, 0.05) is 18.2 Å². The molecule has 0 aromatic heterocycles. The van der Waals surface area contributed by atoms with E-state index in [2.05, 4.69) is 30.9 Å². The van der Waals surface area contributed by atoms with Gasteiger partial charge in [-0.05, 0) is 75.0 Å². The third-order valence-corrected chi connectivity index (χ3v) is 8.28. The molecule has 6 rings (SSSR count). The molecule has 0 amide bonds. The van der Waals surface area contributed by atoms with Crippen molar-refractivity contribution in [2.24, 2.45) is 11.8 Å². The molecule has 2 bridgehead atoms. The highest BCUT2D eigenvalue weighted by atomic mass is 16.5. The van der Waals surface area contributed by atoms with E-state index in [0.29, 0.717) is 5.92 Å². The number of benzene rings is 1. The molecular weight excluding hydrogens is 310 g/mol. The zero-order valence-corrected chi connectivity index (χ0v) is 15.4. The molecular formula is C22H29NO2. The smallest absolute Gasteiger partial charge is 0.126 e. The van der Waals surface area contributed by atoms with Crippen LogP contribution in [0.2, 0.25) is 0 Å². The molecule has 25 heavy (non-hydrogen) atoms. The van der Waals surface area contributed by atoms with Crippen molar-refractivity contribution in [3.63, 3.8) is 0 Å². The average Bonchev–Trinajstić information content (AvgIpc) is 3.32. The lowest BCUT2D eigenvalue weighted by atomic mass is 9.47. The number of likely N-dealkylation sites (tertiary alicyclic amines) is 1. The van der Waals surface area contributed by atoms with Crippen LogP contribution >= 0.6 is 0 Å². The highest BCUT2D eigenvalue weighted by Gasteiger charge is 2.72. The van der Waals surface area contributed by atoms with Crippen LogP contribution in [0.1, 0.15) is 55.7 Å². The van der Waals surface area contributed by atoms with Gasteiger partial charge in [-0.25, -0.2) is 0 Å². The SMILES string of the molecule is Cc1ccc2c3c1O[C@@H]1C(C)CC[C@]4(O)[C@H](C2)N(CC2CC2)CC[C@@]314.